The minimum atomic E-state index is -4.67. The second-order valence-corrected chi connectivity index (χ2v) is 2.06. The van der Waals surface area contributed by atoms with Gasteiger partial charge in [-0.3, -0.25) is 9.11 Å². The Morgan fingerprint density at radius 1 is 1.33 bits per heavy atom. The van der Waals surface area contributed by atoms with E-state index in [1.807, 2.05) is 0 Å². The molecule has 0 saturated carbocycles. The third-order valence-electron chi connectivity index (χ3n) is 0.206. The molecule has 0 aliphatic rings. The van der Waals surface area contributed by atoms with Gasteiger partial charge in [-0.25, -0.2) is 4.79 Å². The molecular weight excluding hydrogens is 192 g/mol. The van der Waals surface area contributed by atoms with Gasteiger partial charge in [-0.05, 0) is 0 Å². The third-order valence-corrected chi connectivity index (χ3v) is 0.206. The average molecular weight is 198 g/mol. The molecule has 0 aliphatic heterocycles. The van der Waals surface area contributed by atoms with Crippen LogP contribution in [0.5, 0.6) is 0 Å². The molecular formula is C2H6N4O5S. The lowest BCUT2D eigenvalue weighted by Gasteiger charge is -1.76. The van der Waals surface area contributed by atoms with Crippen LogP contribution in [-0.4, -0.2) is 29.6 Å². The van der Waals surface area contributed by atoms with Crippen LogP contribution in [0.2, 0.25) is 0 Å². The Kier molecular flexibility index (Phi) is 6.83. The maximum absolute atomic E-state index is 9.20. The first-order valence-electron chi connectivity index (χ1n) is 2.13. The Morgan fingerprint density at radius 2 is 1.67 bits per heavy atom. The van der Waals surface area contributed by atoms with Crippen molar-refractivity contribution in [2.45, 2.75) is 0 Å². The fourth-order valence-electron chi connectivity index (χ4n) is 0.0781. The molecule has 0 unspecified atom stereocenters. The highest BCUT2D eigenvalue weighted by atomic mass is 32.3. The molecule has 0 rings (SSSR count). The fourth-order valence-corrected chi connectivity index (χ4v) is 0.0781. The summed E-state index contributed by atoms with van der Waals surface area (Å²) in [4.78, 5) is 9.20. The molecule has 0 fully saturated rings. The van der Waals surface area contributed by atoms with Gasteiger partial charge in [-0.2, -0.15) is 8.42 Å². The van der Waals surface area contributed by atoms with Crippen LogP contribution in [0.1, 0.15) is 0 Å². The number of guanidine groups is 1. The molecule has 0 saturated heterocycles. The monoisotopic (exact) mass is 198 g/mol. The Labute approximate surface area is 67.3 Å². The van der Waals surface area contributed by atoms with Crippen LogP contribution in [0.25, 0.3) is 0 Å². The predicted octanol–water partition coefficient (Wildman–Crippen LogP) is -2.14. The summed E-state index contributed by atoms with van der Waals surface area (Å²) in [6.07, 6.45) is 1.13. The van der Waals surface area contributed by atoms with Gasteiger partial charge >= 0.3 is 10.4 Å². The lowest BCUT2D eigenvalue weighted by Crippen LogP contribution is -2.21. The van der Waals surface area contributed by atoms with Crippen molar-refractivity contribution >= 4 is 22.4 Å². The number of carbonyl (C=O) groups excluding carboxylic acids is 1. The molecule has 6 N–H and O–H groups in total. The Balaban J connectivity index is 0. The molecule has 10 heteroatoms. The normalized spacial score (nSPS) is 8.50. The number of isocyanates is 1. The SMILES string of the molecule is NC(N)=NN=C=O.O=S(=O)(O)O. The van der Waals surface area contributed by atoms with E-state index in [1.54, 1.807) is 0 Å². The Bertz CT molecular complexity index is 275. The summed E-state index contributed by atoms with van der Waals surface area (Å²) in [5, 5.41) is 5.62. The van der Waals surface area contributed by atoms with Gasteiger partial charge in [0, 0.05) is 0 Å². The highest BCUT2D eigenvalue weighted by Gasteiger charge is 1.84. The lowest BCUT2D eigenvalue weighted by molar-refractivity contribution is 0.381. The molecule has 9 nitrogen and oxygen atoms in total. The number of hydrogen-bond acceptors (Lipinski definition) is 5. The molecule has 0 bridgehead atoms. The van der Waals surface area contributed by atoms with Gasteiger partial charge in [-0.1, -0.05) is 5.10 Å². The van der Waals surface area contributed by atoms with Crippen molar-refractivity contribution in [1.29, 1.82) is 0 Å². The minimum absolute atomic E-state index is 0.247. The van der Waals surface area contributed by atoms with Crippen LogP contribution in [0.3, 0.4) is 0 Å². The molecule has 0 spiro atoms. The zero-order valence-corrected chi connectivity index (χ0v) is 6.39. The topological polar surface area (TPSA) is 168 Å². The van der Waals surface area contributed by atoms with Crippen molar-refractivity contribution in [2.75, 3.05) is 0 Å². The highest BCUT2D eigenvalue weighted by Crippen LogP contribution is 1.59. The van der Waals surface area contributed by atoms with Gasteiger partial charge in [0.25, 0.3) is 6.08 Å². The van der Waals surface area contributed by atoms with Crippen LogP contribution in [0.15, 0.2) is 10.2 Å². The van der Waals surface area contributed by atoms with E-state index in [-0.39, 0.29) is 5.96 Å². The zero-order chi connectivity index (χ0) is 10.2. The van der Waals surface area contributed by atoms with E-state index in [1.165, 1.54) is 0 Å². The van der Waals surface area contributed by atoms with E-state index in [9.17, 15) is 4.79 Å². The first kappa shape index (κ1) is 13.1. The van der Waals surface area contributed by atoms with Gasteiger partial charge in [0.2, 0.25) is 5.96 Å². The number of rotatable bonds is 1. The first-order valence-corrected chi connectivity index (χ1v) is 3.52. The number of nitrogens with zero attached hydrogens (tertiary/aromatic N) is 2. The van der Waals surface area contributed by atoms with Gasteiger partial charge < -0.3 is 11.5 Å². The number of hydrogen-bond donors (Lipinski definition) is 4. The quantitative estimate of drug-likeness (QED) is 0.122. The molecule has 0 aliphatic carbocycles. The number of nitrogens with two attached hydrogens (primary N) is 2. The van der Waals surface area contributed by atoms with E-state index in [4.69, 9.17) is 29.0 Å². The minimum Gasteiger partial charge on any atom is -0.369 e. The summed E-state index contributed by atoms with van der Waals surface area (Å²) in [5.41, 5.74) is 9.47. The van der Waals surface area contributed by atoms with Gasteiger partial charge in [0.05, 0.1) is 0 Å². The van der Waals surface area contributed by atoms with Crippen LogP contribution in [-0.2, 0) is 15.2 Å². The van der Waals surface area contributed by atoms with Crippen molar-refractivity contribution in [3.8, 4) is 0 Å². The molecule has 0 atom stereocenters. The molecule has 0 radical (unpaired) electrons. The molecule has 70 valence electrons. The first-order chi connectivity index (χ1) is 5.27. The van der Waals surface area contributed by atoms with Crippen LogP contribution < -0.4 is 11.5 Å². The fraction of sp³-hybridized carbons (Fsp3) is 0. The smallest absolute Gasteiger partial charge is 0.369 e. The second-order valence-electron chi connectivity index (χ2n) is 1.16. The maximum atomic E-state index is 9.20. The van der Waals surface area contributed by atoms with E-state index in [0.29, 0.717) is 0 Å². The summed E-state index contributed by atoms with van der Waals surface area (Å²) in [6.45, 7) is 0. The third kappa shape index (κ3) is 75.9. The molecule has 12 heavy (non-hydrogen) atoms. The summed E-state index contributed by atoms with van der Waals surface area (Å²) in [7, 11) is -4.67. The molecule has 0 aromatic rings. The standard InChI is InChI=1S/C2H4N4O.H2O4S/c3-2(4)6-5-1-7;1-5(2,3)4/h(H4,3,4,6);(H2,1,2,3,4). The van der Waals surface area contributed by atoms with Crippen molar-refractivity contribution in [1.82, 2.24) is 0 Å². The molecule has 0 heterocycles. The average Bonchev–Trinajstić information content (AvgIpc) is 1.79. The highest BCUT2D eigenvalue weighted by molar-refractivity contribution is 7.79. The molecule has 0 aromatic carbocycles. The molecule has 0 aromatic heterocycles. The second kappa shape index (κ2) is 6.24. The van der Waals surface area contributed by atoms with Crippen molar-refractivity contribution in [3.63, 3.8) is 0 Å². The molecule has 0 amide bonds. The summed E-state index contributed by atoms with van der Waals surface area (Å²) in [5.74, 6) is -0.247. The maximum Gasteiger partial charge on any atom is 0.394 e. The van der Waals surface area contributed by atoms with Crippen molar-refractivity contribution in [3.05, 3.63) is 0 Å². The van der Waals surface area contributed by atoms with E-state index < -0.39 is 10.4 Å². The summed E-state index contributed by atoms with van der Waals surface area (Å²) >= 11 is 0. The van der Waals surface area contributed by atoms with Gasteiger partial charge in [0.1, 0.15) is 0 Å². The van der Waals surface area contributed by atoms with E-state index in [0.717, 1.165) is 6.08 Å². The lowest BCUT2D eigenvalue weighted by atomic mass is 11.1. The van der Waals surface area contributed by atoms with Crippen molar-refractivity contribution < 1.29 is 22.3 Å². The predicted molar refractivity (Wildman–Crippen MR) is 38.1 cm³/mol. The van der Waals surface area contributed by atoms with Crippen LogP contribution in [0, 0.1) is 0 Å². The van der Waals surface area contributed by atoms with Gasteiger partial charge in [-0.15, -0.1) is 5.10 Å². The van der Waals surface area contributed by atoms with Gasteiger partial charge in [0.15, 0.2) is 0 Å². The van der Waals surface area contributed by atoms with Crippen molar-refractivity contribution in [2.24, 2.45) is 21.7 Å². The summed E-state index contributed by atoms with van der Waals surface area (Å²) < 4.78 is 31.6. The van der Waals surface area contributed by atoms with E-state index in [2.05, 4.69) is 10.2 Å². The Morgan fingerprint density at radius 3 is 1.75 bits per heavy atom. The van der Waals surface area contributed by atoms with Crippen LogP contribution >= 0.6 is 0 Å². The zero-order valence-electron chi connectivity index (χ0n) is 5.58. The Hall–Kier alpha value is -1.48. The largest absolute Gasteiger partial charge is 0.394 e. The van der Waals surface area contributed by atoms with Crippen LogP contribution in [0.4, 0.5) is 0 Å². The summed E-state index contributed by atoms with van der Waals surface area (Å²) in [6, 6.07) is 0. The van der Waals surface area contributed by atoms with E-state index >= 15 is 0 Å².